The van der Waals surface area contributed by atoms with Gasteiger partial charge in [0.15, 0.2) is 0 Å². The van der Waals surface area contributed by atoms with Gasteiger partial charge in [-0.3, -0.25) is 4.90 Å². The molecule has 0 aliphatic carbocycles. The third kappa shape index (κ3) is 3.14. The van der Waals surface area contributed by atoms with Gasteiger partial charge < -0.3 is 5.73 Å². The zero-order chi connectivity index (χ0) is 13.1. The molecule has 0 saturated carbocycles. The van der Waals surface area contributed by atoms with Crippen LogP contribution in [0.3, 0.4) is 0 Å². The first kappa shape index (κ1) is 14.0. The normalized spacial score (nSPS) is 27.1. The highest BCUT2D eigenvalue weighted by Gasteiger charge is 2.28. The largest absolute Gasteiger partial charge is 0.327 e. The molecule has 1 saturated heterocycles. The average molecular weight is 311 g/mol. The highest BCUT2D eigenvalue weighted by molar-refractivity contribution is 9.10. The van der Waals surface area contributed by atoms with Crippen LogP contribution in [0.4, 0.5) is 0 Å². The van der Waals surface area contributed by atoms with Gasteiger partial charge in [-0.05, 0) is 37.0 Å². The highest BCUT2D eigenvalue weighted by Crippen LogP contribution is 2.28. The summed E-state index contributed by atoms with van der Waals surface area (Å²) in [6, 6.07) is 9.50. The summed E-state index contributed by atoms with van der Waals surface area (Å²) >= 11 is 3.55. The van der Waals surface area contributed by atoms with E-state index in [1.54, 1.807) is 0 Å². The lowest BCUT2D eigenvalue weighted by Gasteiger charge is -2.40. The Balaban J connectivity index is 2.07. The minimum Gasteiger partial charge on any atom is -0.327 e. The fourth-order valence-electron chi connectivity index (χ4n) is 2.84. The van der Waals surface area contributed by atoms with E-state index in [1.807, 2.05) is 0 Å². The van der Waals surface area contributed by atoms with Crippen molar-refractivity contribution in [1.29, 1.82) is 0 Å². The van der Waals surface area contributed by atoms with Crippen LogP contribution in [0.1, 0.15) is 38.3 Å². The molecular formula is C15H23BrN2. The lowest BCUT2D eigenvalue weighted by atomic mass is 9.89. The summed E-state index contributed by atoms with van der Waals surface area (Å²) in [6.45, 7) is 6.79. The van der Waals surface area contributed by atoms with Crippen LogP contribution in [0.15, 0.2) is 28.7 Å². The van der Waals surface area contributed by atoms with Crippen LogP contribution in [0, 0.1) is 5.92 Å². The standard InChI is InChI=1S/C15H23BrN2/c1-3-12-10-18(8-7-15(12)17)11(2)13-5-4-6-14(16)9-13/h4-6,9,11-12,15H,3,7-8,10,17H2,1-2H3. The van der Waals surface area contributed by atoms with Crippen molar-refractivity contribution >= 4 is 15.9 Å². The average Bonchev–Trinajstić information content (AvgIpc) is 2.38. The second-order valence-electron chi connectivity index (χ2n) is 5.35. The van der Waals surface area contributed by atoms with Gasteiger partial charge in [-0.25, -0.2) is 0 Å². The van der Waals surface area contributed by atoms with Crippen molar-refractivity contribution in [2.24, 2.45) is 11.7 Å². The molecule has 0 amide bonds. The van der Waals surface area contributed by atoms with E-state index in [-0.39, 0.29) is 0 Å². The Morgan fingerprint density at radius 1 is 1.50 bits per heavy atom. The van der Waals surface area contributed by atoms with Gasteiger partial charge in [0.2, 0.25) is 0 Å². The van der Waals surface area contributed by atoms with Crippen LogP contribution in [-0.4, -0.2) is 24.0 Å². The Morgan fingerprint density at radius 3 is 2.94 bits per heavy atom. The van der Waals surface area contributed by atoms with Crippen LogP contribution in [-0.2, 0) is 0 Å². The maximum Gasteiger partial charge on any atom is 0.0320 e. The first-order chi connectivity index (χ1) is 8.61. The van der Waals surface area contributed by atoms with Gasteiger partial charge in [-0.1, -0.05) is 41.4 Å². The van der Waals surface area contributed by atoms with Gasteiger partial charge in [0.1, 0.15) is 0 Å². The minimum atomic E-state index is 0.390. The summed E-state index contributed by atoms with van der Waals surface area (Å²) in [5, 5.41) is 0. The summed E-state index contributed by atoms with van der Waals surface area (Å²) in [7, 11) is 0. The third-order valence-corrected chi connectivity index (χ3v) is 4.72. The van der Waals surface area contributed by atoms with Gasteiger partial charge in [0.05, 0.1) is 0 Å². The molecule has 1 aliphatic rings. The molecule has 100 valence electrons. The van der Waals surface area contributed by atoms with Gasteiger partial charge in [0, 0.05) is 29.6 Å². The van der Waals surface area contributed by atoms with E-state index in [0.29, 0.717) is 18.0 Å². The Labute approximate surface area is 119 Å². The topological polar surface area (TPSA) is 29.3 Å². The molecule has 2 N–H and O–H groups in total. The Kier molecular flexibility index (Phi) is 4.82. The molecule has 3 heteroatoms. The second kappa shape index (κ2) is 6.18. The van der Waals surface area contributed by atoms with E-state index in [9.17, 15) is 0 Å². The van der Waals surface area contributed by atoms with E-state index >= 15 is 0 Å². The van der Waals surface area contributed by atoms with Crippen LogP contribution < -0.4 is 5.73 Å². The van der Waals surface area contributed by atoms with Crippen molar-refractivity contribution in [1.82, 2.24) is 4.90 Å². The molecule has 1 fully saturated rings. The maximum absolute atomic E-state index is 6.18. The fourth-order valence-corrected chi connectivity index (χ4v) is 3.26. The smallest absolute Gasteiger partial charge is 0.0320 e. The van der Waals surface area contributed by atoms with E-state index in [1.165, 1.54) is 12.0 Å². The molecule has 1 aromatic rings. The number of piperidine rings is 1. The quantitative estimate of drug-likeness (QED) is 0.924. The van der Waals surface area contributed by atoms with E-state index in [2.05, 4.69) is 58.9 Å². The summed E-state index contributed by atoms with van der Waals surface area (Å²) in [5.41, 5.74) is 7.56. The Bertz CT molecular complexity index is 394. The van der Waals surface area contributed by atoms with Gasteiger partial charge >= 0.3 is 0 Å². The molecule has 1 heterocycles. The summed E-state index contributed by atoms with van der Waals surface area (Å²) in [6.07, 6.45) is 2.31. The fraction of sp³-hybridized carbons (Fsp3) is 0.600. The predicted molar refractivity (Wildman–Crippen MR) is 80.5 cm³/mol. The van der Waals surface area contributed by atoms with Crippen LogP contribution in [0.25, 0.3) is 0 Å². The number of hydrogen-bond acceptors (Lipinski definition) is 2. The molecular weight excluding hydrogens is 288 g/mol. The van der Waals surface area contributed by atoms with Crippen molar-refractivity contribution < 1.29 is 0 Å². The van der Waals surface area contributed by atoms with Gasteiger partial charge in [-0.15, -0.1) is 0 Å². The first-order valence-corrected chi connectivity index (χ1v) is 7.66. The number of hydrogen-bond donors (Lipinski definition) is 1. The van der Waals surface area contributed by atoms with Crippen LogP contribution in [0.2, 0.25) is 0 Å². The zero-order valence-corrected chi connectivity index (χ0v) is 12.9. The summed E-state index contributed by atoms with van der Waals surface area (Å²) in [5.74, 6) is 0.647. The van der Waals surface area contributed by atoms with Crippen LogP contribution >= 0.6 is 15.9 Å². The highest BCUT2D eigenvalue weighted by atomic mass is 79.9. The molecule has 3 atom stereocenters. The molecule has 1 aromatic carbocycles. The predicted octanol–water partition coefficient (Wildman–Crippen LogP) is 3.57. The number of halogens is 1. The first-order valence-electron chi connectivity index (χ1n) is 6.87. The van der Waals surface area contributed by atoms with Crippen molar-refractivity contribution in [3.63, 3.8) is 0 Å². The van der Waals surface area contributed by atoms with E-state index in [0.717, 1.165) is 24.0 Å². The van der Waals surface area contributed by atoms with Gasteiger partial charge in [-0.2, -0.15) is 0 Å². The number of benzene rings is 1. The van der Waals surface area contributed by atoms with Crippen molar-refractivity contribution in [3.8, 4) is 0 Å². The van der Waals surface area contributed by atoms with E-state index < -0.39 is 0 Å². The van der Waals surface area contributed by atoms with Crippen LogP contribution in [0.5, 0.6) is 0 Å². The molecule has 18 heavy (non-hydrogen) atoms. The number of likely N-dealkylation sites (tertiary alicyclic amines) is 1. The summed E-state index contributed by atoms with van der Waals surface area (Å²) in [4.78, 5) is 2.57. The number of nitrogens with zero attached hydrogens (tertiary/aromatic N) is 1. The monoisotopic (exact) mass is 310 g/mol. The molecule has 2 nitrogen and oxygen atoms in total. The molecule has 0 spiro atoms. The van der Waals surface area contributed by atoms with E-state index in [4.69, 9.17) is 5.73 Å². The third-order valence-electron chi connectivity index (χ3n) is 4.23. The number of nitrogens with two attached hydrogens (primary N) is 1. The van der Waals surface area contributed by atoms with Crippen molar-refractivity contribution in [2.45, 2.75) is 38.8 Å². The van der Waals surface area contributed by atoms with Gasteiger partial charge in [0.25, 0.3) is 0 Å². The molecule has 3 unspecified atom stereocenters. The Hall–Kier alpha value is -0.380. The molecule has 0 bridgehead atoms. The number of rotatable bonds is 3. The maximum atomic E-state index is 6.18. The molecule has 0 radical (unpaired) electrons. The van der Waals surface area contributed by atoms with Crippen molar-refractivity contribution in [2.75, 3.05) is 13.1 Å². The minimum absolute atomic E-state index is 0.390. The second-order valence-corrected chi connectivity index (χ2v) is 6.26. The zero-order valence-electron chi connectivity index (χ0n) is 11.3. The Morgan fingerprint density at radius 2 is 2.28 bits per heavy atom. The SMILES string of the molecule is CCC1CN(C(C)c2cccc(Br)c2)CCC1N. The van der Waals surface area contributed by atoms with Crippen molar-refractivity contribution in [3.05, 3.63) is 34.3 Å². The summed E-state index contributed by atoms with van der Waals surface area (Å²) < 4.78 is 1.16. The molecule has 1 aliphatic heterocycles. The lowest BCUT2D eigenvalue weighted by Crippen LogP contribution is -2.47. The molecule has 2 rings (SSSR count). The molecule has 0 aromatic heterocycles. The lowest BCUT2D eigenvalue weighted by molar-refractivity contribution is 0.114.